The fraction of sp³-hybridized carbons (Fsp3) is 0.294. The van der Waals surface area contributed by atoms with E-state index in [-0.39, 0.29) is 0 Å². The first-order chi connectivity index (χ1) is 18.3. The number of hydrogen-bond acceptors (Lipinski definition) is 2. The molecular formula is C34H38N4. The standard InChI is InChI=1S/C34H38N4/c1-9-13-25-21(7)28-15-27-19(5)23(11-3)31(35-27)16-29-20(6)24(12-4)32(36-29)17-30-22(8)26(14-10-2)34(38-30)18-33(25)37-28/h11-12,15-18,35,38H,3-4,9-10,13-14H2,1-2,5-8H3. The maximum absolute atomic E-state index is 5.18. The number of rotatable bonds is 6. The summed E-state index contributed by atoms with van der Waals surface area (Å²) >= 11 is 0. The number of allylic oxidation sites excluding steroid dienone is 5. The van der Waals surface area contributed by atoms with E-state index in [0.29, 0.717) is 0 Å². The predicted octanol–water partition coefficient (Wildman–Crippen LogP) is 9.37. The van der Waals surface area contributed by atoms with Crippen molar-refractivity contribution in [2.24, 2.45) is 0 Å². The Morgan fingerprint density at radius 1 is 0.658 bits per heavy atom. The molecule has 4 nitrogen and oxygen atoms in total. The summed E-state index contributed by atoms with van der Waals surface area (Å²) in [6, 6.07) is 8.76. The van der Waals surface area contributed by atoms with Crippen LogP contribution in [0.3, 0.4) is 0 Å². The fourth-order valence-corrected chi connectivity index (χ4v) is 5.81. The zero-order valence-corrected chi connectivity index (χ0v) is 23.6. The molecule has 0 amide bonds. The average Bonchev–Trinajstić information content (AvgIpc) is 3.55. The van der Waals surface area contributed by atoms with Gasteiger partial charge in [-0.3, -0.25) is 0 Å². The van der Waals surface area contributed by atoms with Crippen LogP contribution in [0.2, 0.25) is 0 Å². The van der Waals surface area contributed by atoms with E-state index in [4.69, 9.17) is 9.97 Å². The quantitative estimate of drug-likeness (QED) is 0.353. The highest BCUT2D eigenvalue weighted by Gasteiger charge is 2.19. The largest absolute Gasteiger partial charge is 0.355 e. The third-order valence-corrected chi connectivity index (χ3v) is 8.04. The van der Waals surface area contributed by atoms with Gasteiger partial charge in [-0.15, -0.1) is 0 Å². The molecule has 194 valence electrons. The van der Waals surface area contributed by atoms with E-state index in [1.54, 1.807) is 0 Å². The second-order valence-corrected chi connectivity index (χ2v) is 10.4. The molecule has 38 heavy (non-hydrogen) atoms. The molecule has 2 aliphatic rings. The molecule has 8 bridgehead atoms. The Hall–Kier alpha value is -3.92. The van der Waals surface area contributed by atoms with Gasteiger partial charge in [0, 0.05) is 33.2 Å². The van der Waals surface area contributed by atoms with Crippen LogP contribution in [0.1, 0.15) is 92.0 Å². The number of fused-ring (bicyclic) bond motifs is 8. The lowest BCUT2D eigenvalue weighted by Crippen LogP contribution is -1.86. The number of hydrogen-bond donors (Lipinski definition) is 2. The van der Waals surface area contributed by atoms with Crippen molar-refractivity contribution in [1.82, 2.24) is 19.9 Å². The van der Waals surface area contributed by atoms with E-state index in [1.807, 2.05) is 12.2 Å². The lowest BCUT2D eigenvalue weighted by molar-refractivity contribution is 0.924. The summed E-state index contributed by atoms with van der Waals surface area (Å²) in [5, 5.41) is 0. The van der Waals surface area contributed by atoms with Crippen molar-refractivity contribution in [3.8, 4) is 0 Å². The highest BCUT2D eigenvalue weighted by Crippen LogP contribution is 2.36. The Kier molecular flexibility index (Phi) is 6.83. The Bertz CT molecular complexity index is 1700. The third kappa shape index (κ3) is 4.18. The number of nitrogens with one attached hydrogen (secondary N) is 2. The highest BCUT2D eigenvalue weighted by atomic mass is 14.8. The summed E-state index contributed by atoms with van der Waals surface area (Å²) in [5.41, 5.74) is 17.9. The molecule has 0 aliphatic carbocycles. The minimum Gasteiger partial charge on any atom is -0.355 e. The molecule has 5 heterocycles. The van der Waals surface area contributed by atoms with Gasteiger partial charge < -0.3 is 9.97 Å². The van der Waals surface area contributed by atoms with Crippen molar-refractivity contribution < 1.29 is 0 Å². The highest BCUT2D eigenvalue weighted by molar-refractivity contribution is 5.98. The summed E-state index contributed by atoms with van der Waals surface area (Å²) < 4.78 is 0. The van der Waals surface area contributed by atoms with E-state index in [0.717, 1.165) is 92.8 Å². The van der Waals surface area contributed by atoms with E-state index < -0.39 is 0 Å². The minimum absolute atomic E-state index is 0.932. The number of aromatic amines is 2. The van der Waals surface area contributed by atoms with Gasteiger partial charge in [0.05, 0.1) is 22.8 Å². The van der Waals surface area contributed by atoms with Crippen LogP contribution >= 0.6 is 0 Å². The molecule has 0 spiro atoms. The average molecular weight is 503 g/mol. The first-order valence-corrected chi connectivity index (χ1v) is 13.7. The molecule has 0 atom stereocenters. The lowest BCUT2D eigenvalue weighted by atomic mass is 10.0. The van der Waals surface area contributed by atoms with Crippen LogP contribution in [0.15, 0.2) is 43.5 Å². The molecule has 0 aromatic carbocycles. The number of nitrogens with zero attached hydrogens (tertiary/aromatic N) is 2. The van der Waals surface area contributed by atoms with Crippen LogP contribution in [0.4, 0.5) is 0 Å². The van der Waals surface area contributed by atoms with Gasteiger partial charge >= 0.3 is 0 Å². The van der Waals surface area contributed by atoms with E-state index in [1.165, 1.54) is 22.3 Å². The van der Waals surface area contributed by atoms with Crippen molar-refractivity contribution in [1.29, 1.82) is 0 Å². The Labute approximate surface area is 226 Å². The van der Waals surface area contributed by atoms with Gasteiger partial charge in [0.25, 0.3) is 0 Å². The van der Waals surface area contributed by atoms with Crippen LogP contribution in [0.5, 0.6) is 0 Å². The summed E-state index contributed by atoms with van der Waals surface area (Å²) in [7, 11) is 0. The van der Waals surface area contributed by atoms with Gasteiger partial charge in [0.15, 0.2) is 0 Å². The Morgan fingerprint density at radius 2 is 1.24 bits per heavy atom. The molecule has 5 rings (SSSR count). The number of aromatic nitrogens is 4. The topological polar surface area (TPSA) is 57.4 Å². The summed E-state index contributed by atoms with van der Waals surface area (Å²) in [6.45, 7) is 21.4. The zero-order valence-electron chi connectivity index (χ0n) is 23.6. The summed E-state index contributed by atoms with van der Waals surface area (Å²) in [6.07, 6.45) is 8.02. The minimum atomic E-state index is 0.932. The fourth-order valence-electron chi connectivity index (χ4n) is 5.81. The van der Waals surface area contributed by atoms with Crippen LogP contribution in [0.25, 0.3) is 50.4 Å². The molecule has 3 aromatic rings. The van der Waals surface area contributed by atoms with E-state index in [2.05, 4.69) is 88.9 Å². The van der Waals surface area contributed by atoms with Crippen molar-refractivity contribution >= 4 is 50.4 Å². The molecule has 4 heteroatoms. The summed E-state index contributed by atoms with van der Waals surface area (Å²) in [5.74, 6) is 0. The van der Waals surface area contributed by atoms with E-state index >= 15 is 0 Å². The lowest BCUT2D eigenvalue weighted by Gasteiger charge is -2.02. The molecule has 2 aliphatic heterocycles. The number of H-pyrrole nitrogens is 2. The van der Waals surface area contributed by atoms with Gasteiger partial charge in [-0.05, 0) is 98.2 Å². The Morgan fingerprint density at radius 3 is 1.92 bits per heavy atom. The molecule has 0 unspecified atom stereocenters. The first-order valence-electron chi connectivity index (χ1n) is 13.7. The van der Waals surface area contributed by atoms with Crippen LogP contribution in [0, 0.1) is 13.8 Å². The molecule has 0 saturated heterocycles. The van der Waals surface area contributed by atoms with Gasteiger partial charge in [-0.25, -0.2) is 9.97 Å². The van der Waals surface area contributed by atoms with Crippen LogP contribution < -0.4 is 0 Å². The first kappa shape index (κ1) is 25.7. The van der Waals surface area contributed by atoms with Crippen molar-refractivity contribution in [2.75, 3.05) is 0 Å². The monoisotopic (exact) mass is 502 g/mol. The smallest absolute Gasteiger partial charge is 0.0733 e. The maximum atomic E-state index is 5.18. The van der Waals surface area contributed by atoms with Crippen LogP contribution in [-0.4, -0.2) is 19.9 Å². The Balaban J connectivity index is 1.99. The molecule has 3 aromatic heterocycles. The second kappa shape index (κ2) is 10.1. The summed E-state index contributed by atoms with van der Waals surface area (Å²) in [4.78, 5) is 17.6. The van der Waals surface area contributed by atoms with Crippen molar-refractivity contribution in [2.45, 2.75) is 67.2 Å². The van der Waals surface area contributed by atoms with Gasteiger partial charge in [0.2, 0.25) is 0 Å². The van der Waals surface area contributed by atoms with Gasteiger partial charge in [-0.1, -0.05) is 52.0 Å². The van der Waals surface area contributed by atoms with E-state index in [9.17, 15) is 0 Å². The third-order valence-electron chi connectivity index (χ3n) is 8.04. The van der Waals surface area contributed by atoms with Gasteiger partial charge in [0.1, 0.15) is 0 Å². The maximum Gasteiger partial charge on any atom is 0.0733 e. The van der Waals surface area contributed by atoms with Crippen LogP contribution in [-0.2, 0) is 6.42 Å². The van der Waals surface area contributed by atoms with Crippen molar-refractivity contribution in [3.05, 3.63) is 88.5 Å². The SMILES string of the molecule is C=CC1=C(C)c2cc3[nH]c(cc4nc(cc5[nH]c(cc1n2)c(C)c5CCC)C(CCC)=C4C)c(C)c3C=C. The molecule has 0 saturated carbocycles. The second-order valence-electron chi connectivity index (χ2n) is 10.4. The number of aryl methyl sites for hydroxylation is 3. The zero-order chi connectivity index (χ0) is 27.1. The molecular weight excluding hydrogens is 464 g/mol. The molecule has 2 N–H and O–H groups in total. The molecule has 0 fully saturated rings. The predicted molar refractivity (Wildman–Crippen MR) is 165 cm³/mol. The molecule has 0 radical (unpaired) electrons. The van der Waals surface area contributed by atoms with Gasteiger partial charge in [-0.2, -0.15) is 0 Å². The normalized spacial score (nSPS) is 13.4. The van der Waals surface area contributed by atoms with Crippen molar-refractivity contribution in [3.63, 3.8) is 0 Å².